The zero-order chi connectivity index (χ0) is 14.7. The number of thioether (sulfide) groups is 1. The normalized spacial score (nSPS) is 24.4. The van der Waals surface area contributed by atoms with Crippen LogP contribution in [0.5, 0.6) is 0 Å². The Morgan fingerprint density at radius 3 is 2.80 bits per heavy atom. The summed E-state index contributed by atoms with van der Waals surface area (Å²) in [5.74, 6) is 1.25. The largest absolute Gasteiger partial charge is 0.317 e. The summed E-state index contributed by atoms with van der Waals surface area (Å²) in [7, 11) is 0. The first-order valence-corrected chi connectivity index (χ1v) is 9.43. The van der Waals surface area contributed by atoms with Crippen molar-refractivity contribution >= 4 is 29.0 Å². The van der Waals surface area contributed by atoms with Gasteiger partial charge in [0.1, 0.15) is 6.17 Å². The molecular formula is C15H24N2OS2. The summed E-state index contributed by atoms with van der Waals surface area (Å²) in [5.41, 5.74) is 0. The predicted molar refractivity (Wildman–Crippen MR) is 88.3 cm³/mol. The zero-order valence-electron chi connectivity index (χ0n) is 12.7. The molecule has 1 amide bonds. The van der Waals surface area contributed by atoms with Crippen LogP contribution in [0.3, 0.4) is 0 Å². The van der Waals surface area contributed by atoms with Crippen molar-refractivity contribution in [1.29, 1.82) is 0 Å². The minimum atomic E-state index is -0.0169. The number of carbonyl (C=O) groups is 1. The summed E-state index contributed by atoms with van der Waals surface area (Å²) in [6.07, 6.45) is 4.10. The first kappa shape index (κ1) is 15.9. The fourth-order valence-electron chi connectivity index (χ4n) is 2.76. The van der Waals surface area contributed by atoms with Crippen LogP contribution in [0.15, 0.2) is 12.1 Å². The number of rotatable bonds is 6. The molecule has 112 valence electrons. The van der Waals surface area contributed by atoms with E-state index in [0.29, 0.717) is 0 Å². The number of nitrogens with zero attached hydrogens (tertiary/aromatic N) is 1. The summed E-state index contributed by atoms with van der Waals surface area (Å²) in [6.45, 7) is 6.40. The molecule has 1 aliphatic rings. The van der Waals surface area contributed by atoms with Gasteiger partial charge >= 0.3 is 0 Å². The smallest absolute Gasteiger partial charge is 0.241 e. The number of hydrogen-bond donors (Lipinski definition) is 1. The van der Waals surface area contributed by atoms with Crippen LogP contribution in [0.1, 0.15) is 42.6 Å². The number of thiophene rings is 1. The molecule has 2 rings (SSSR count). The second kappa shape index (κ2) is 6.96. The molecule has 3 nitrogen and oxygen atoms in total. The van der Waals surface area contributed by atoms with Gasteiger partial charge in [-0.3, -0.25) is 10.1 Å². The van der Waals surface area contributed by atoms with Crippen LogP contribution in [0.2, 0.25) is 0 Å². The molecule has 2 heterocycles. The Morgan fingerprint density at radius 2 is 2.25 bits per heavy atom. The van der Waals surface area contributed by atoms with E-state index in [0.717, 1.165) is 18.6 Å². The molecule has 0 bridgehead atoms. The molecule has 1 aromatic heterocycles. The number of carbonyl (C=O) groups excluding carboxylic acids is 1. The molecule has 1 aromatic rings. The SMILES string of the molecule is CCCC1NC(c2ccc(C)s2)N(C(C)CSC)C1=O. The molecule has 3 atom stereocenters. The van der Waals surface area contributed by atoms with Crippen molar-refractivity contribution in [3.63, 3.8) is 0 Å². The number of amides is 1. The maximum absolute atomic E-state index is 12.7. The first-order chi connectivity index (χ1) is 9.58. The highest BCUT2D eigenvalue weighted by atomic mass is 32.2. The van der Waals surface area contributed by atoms with Gasteiger partial charge in [0.2, 0.25) is 5.91 Å². The molecule has 0 aliphatic carbocycles. The monoisotopic (exact) mass is 312 g/mol. The average Bonchev–Trinajstić information content (AvgIpc) is 2.95. The number of nitrogens with one attached hydrogen (secondary N) is 1. The molecule has 1 aliphatic heterocycles. The van der Waals surface area contributed by atoms with E-state index in [-0.39, 0.29) is 24.2 Å². The van der Waals surface area contributed by atoms with Gasteiger partial charge < -0.3 is 4.90 Å². The van der Waals surface area contributed by atoms with Gasteiger partial charge in [0, 0.05) is 21.5 Å². The van der Waals surface area contributed by atoms with Gasteiger partial charge in [-0.2, -0.15) is 11.8 Å². The lowest BCUT2D eigenvalue weighted by atomic mass is 10.1. The third-order valence-electron chi connectivity index (χ3n) is 3.68. The van der Waals surface area contributed by atoms with Crippen LogP contribution in [0.4, 0.5) is 0 Å². The second-order valence-corrected chi connectivity index (χ2v) is 7.64. The summed E-state index contributed by atoms with van der Waals surface area (Å²) in [4.78, 5) is 17.3. The third-order valence-corrected chi connectivity index (χ3v) is 5.55. The van der Waals surface area contributed by atoms with Crippen LogP contribution >= 0.6 is 23.1 Å². The van der Waals surface area contributed by atoms with Crippen LogP contribution in [-0.4, -0.2) is 34.9 Å². The van der Waals surface area contributed by atoms with Gasteiger partial charge in [-0.25, -0.2) is 0 Å². The summed E-state index contributed by atoms with van der Waals surface area (Å²) >= 11 is 3.58. The Balaban J connectivity index is 2.24. The van der Waals surface area contributed by atoms with Gasteiger partial charge in [0.15, 0.2) is 0 Å². The highest BCUT2D eigenvalue weighted by Gasteiger charge is 2.41. The molecule has 0 saturated carbocycles. The van der Waals surface area contributed by atoms with Gasteiger partial charge in [-0.05, 0) is 38.7 Å². The lowest BCUT2D eigenvalue weighted by Crippen LogP contribution is -2.39. The van der Waals surface area contributed by atoms with E-state index >= 15 is 0 Å². The highest BCUT2D eigenvalue weighted by molar-refractivity contribution is 7.98. The van der Waals surface area contributed by atoms with E-state index in [9.17, 15) is 4.79 Å². The minimum absolute atomic E-state index is 0.0169. The van der Waals surface area contributed by atoms with Gasteiger partial charge in [0.25, 0.3) is 0 Å². The minimum Gasteiger partial charge on any atom is -0.317 e. The molecule has 3 unspecified atom stereocenters. The lowest BCUT2D eigenvalue weighted by molar-refractivity contribution is -0.131. The molecule has 1 fully saturated rings. The van der Waals surface area contributed by atoms with E-state index < -0.39 is 0 Å². The topological polar surface area (TPSA) is 32.3 Å². The van der Waals surface area contributed by atoms with Crippen molar-refractivity contribution in [2.45, 2.75) is 51.9 Å². The molecule has 0 spiro atoms. The molecule has 0 aromatic carbocycles. The lowest BCUT2D eigenvalue weighted by Gasteiger charge is -2.29. The average molecular weight is 313 g/mol. The molecule has 5 heteroatoms. The van der Waals surface area contributed by atoms with Gasteiger partial charge in [-0.15, -0.1) is 11.3 Å². The predicted octanol–water partition coefficient (Wildman–Crippen LogP) is 3.41. The molecule has 1 N–H and O–H groups in total. The molecule has 1 saturated heterocycles. The van der Waals surface area contributed by atoms with E-state index in [1.54, 1.807) is 23.1 Å². The van der Waals surface area contributed by atoms with Gasteiger partial charge in [-0.1, -0.05) is 13.3 Å². The summed E-state index contributed by atoms with van der Waals surface area (Å²) in [6, 6.07) is 4.53. The van der Waals surface area contributed by atoms with Gasteiger partial charge in [0.05, 0.1) is 6.04 Å². The van der Waals surface area contributed by atoms with Crippen LogP contribution in [-0.2, 0) is 4.79 Å². The fraction of sp³-hybridized carbons (Fsp3) is 0.667. The Kier molecular flexibility index (Phi) is 5.52. The molecule has 20 heavy (non-hydrogen) atoms. The maximum atomic E-state index is 12.7. The van der Waals surface area contributed by atoms with Crippen molar-refractivity contribution in [3.8, 4) is 0 Å². The van der Waals surface area contributed by atoms with Crippen molar-refractivity contribution in [2.24, 2.45) is 0 Å². The third kappa shape index (κ3) is 3.21. The van der Waals surface area contributed by atoms with E-state index in [2.05, 4.69) is 49.4 Å². The Bertz CT molecular complexity index is 460. The maximum Gasteiger partial charge on any atom is 0.241 e. The van der Waals surface area contributed by atoms with Crippen LogP contribution in [0, 0.1) is 6.92 Å². The fourth-order valence-corrected chi connectivity index (χ4v) is 4.34. The van der Waals surface area contributed by atoms with E-state index in [1.165, 1.54) is 9.75 Å². The Hall–Kier alpha value is -0.520. The van der Waals surface area contributed by atoms with Crippen LogP contribution < -0.4 is 5.32 Å². The number of aryl methyl sites for hydroxylation is 1. The Morgan fingerprint density at radius 1 is 1.50 bits per heavy atom. The van der Waals surface area contributed by atoms with E-state index in [1.807, 2.05) is 0 Å². The van der Waals surface area contributed by atoms with Crippen LogP contribution in [0.25, 0.3) is 0 Å². The molecular weight excluding hydrogens is 288 g/mol. The quantitative estimate of drug-likeness (QED) is 0.873. The van der Waals surface area contributed by atoms with Crippen molar-refractivity contribution in [1.82, 2.24) is 10.2 Å². The van der Waals surface area contributed by atoms with E-state index in [4.69, 9.17) is 0 Å². The summed E-state index contributed by atoms with van der Waals surface area (Å²) < 4.78 is 0. The Labute approximate surface area is 130 Å². The van der Waals surface area contributed by atoms with Crippen molar-refractivity contribution in [3.05, 3.63) is 21.9 Å². The summed E-state index contributed by atoms with van der Waals surface area (Å²) in [5, 5.41) is 3.54. The van der Waals surface area contributed by atoms with Crippen molar-refractivity contribution in [2.75, 3.05) is 12.0 Å². The molecule has 0 radical (unpaired) electrons. The van der Waals surface area contributed by atoms with Crippen molar-refractivity contribution < 1.29 is 4.79 Å². The first-order valence-electron chi connectivity index (χ1n) is 7.22. The number of hydrogen-bond acceptors (Lipinski definition) is 4. The standard InChI is InChI=1S/C15H24N2OS2/c1-5-6-12-15(18)17(10(2)9-19-4)14(16-12)13-8-7-11(3)20-13/h7-8,10,12,14,16H,5-6,9H2,1-4H3. The second-order valence-electron chi connectivity index (χ2n) is 5.41. The highest BCUT2D eigenvalue weighted by Crippen LogP contribution is 2.33. The zero-order valence-corrected chi connectivity index (χ0v) is 14.3.